The van der Waals surface area contributed by atoms with Gasteiger partial charge >= 0.3 is 5.97 Å². The monoisotopic (exact) mass is 409 g/mol. The zero-order valence-electron chi connectivity index (χ0n) is 15.4. The van der Waals surface area contributed by atoms with E-state index in [0.29, 0.717) is 17.7 Å². The molecule has 28 heavy (non-hydrogen) atoms. The van der Waals surface area contributed by atoms with Crippen LogP contribution in [0.1, 0.15) is 23.9 Å². The van der Waals surface area contributed by atoms with Gasteiger partial charge in [0.05, 0.1) is 11.5 Å². The molecule has 0 bridgehead atoms. The first-order valence-electron chi connectivity index (χ1n) is 8.70. The van der Waals surface area contributed by atoms with Gasteiger partial charge in [-0.2, -0.15) is 0 Å². The van der Waals surface area contributed by atoms with Gasteiger partial charge in [0.1, 0.15) is 11.6 Å². The van der Waals surface area contributed by atoms with Crippen LogP contribution in [0.15, 0.2) is 40.8 Å². The van der Waals surface area contributed by atoms with Crippen molar-refractivity contribution in [3.05, 3.63) is 48.0 Å². The summed E-state index contributed by atoms with van der Waals surface area (Å²) < 4.78 is 46.8. The van der Waals surface area contributed by atoms with Crippen molar-refractivity contribution in [1.29, 1.82) is 0 Å². The topological polar surface area (TPSA) is 93.9 Å². The minimum atomic E-state index is -3.13. The number of benzene rings is 1. The van der Waals surface area contributed by atoms with Gasteiger partial charge < -0.3 is 14.1 Å². The molecule has 0 saturated carbocycles. The van der Waals surface area contributed by atoms with Crippen LogP contribution in [0.2, 0.25) is 0 Å². The summed E-state index contributed by atoms with van der Waals surface area (Å²) in [5.74, 6) is -1.47. The number of likely N-dealkylation sites (N-methyl/N-ethyl adjacent to an activating group) is 1. The second kappa shape index (κ2) is 7.75. The lowest BCUT2D eigenvalue weighted by atomic mass is 10.2. The molecule has 1 saturated heterocycles. The van der Waals surface area contributed by atoms with Crippen molar-refractivity contribution in [3.8, 4) is 11.3 Å². The van der Waals surface area contributed by atoms with Crippen molar-refractivity contribution >= 4 is 21.7 Å². The number of furan rings is 1. The molecule has 2 aromatic rings. The van der Waals surface area contributed by atoms with Gasteiger partial charge in [-0.25, -0.2) is 17.6 Å². The maximum absolute atomic E-state index is 13.0. The molecule has 0 radical (unpaired) electrons. The van der Waals surface area contributed by atoms with E-state index in [-0.39, 0.29) is 23.1 Å². The van der Waals surface area contributed by atoms with Crippen molar-refractivity contribution in [2.45, 2.75) is 25.5 Å². The molecule has 0 N–H and O–H groups in total. The molecular formula is C19H20FNO6S. The number of nitrogens with zero attached hydrogens (tertiary/aromatic N) is 1. The molecule has 2 atom stereocenters. The van der Waals surface area contributed by atoms with E-state index >= 15 is 0 Å². The van der Waals surface area contributed by atoms with Crippen molar-refractivity contribution < 1.29 is 31.6 Å². The summed E-state index contributed by atoms with van der Waals surface area (Å²) in [6.07, 6.45) is -0.732. The van der Waals surface area contributed by atoms with E-state index in [2.05, 4.69) is 0 Å². The van der Waals surface area contributed by atoms with E-state index in [1.165, 1.54) is 49.2 Å². The lowest BCUT2D eigenvalue weighted by Crippen LogP contribution is -2.44. The number of ether oxygens (including phenoxy) is 1. The lowest BCUT2D eigenvalue weighted by Gasteiger charge is -2.26. The van der Waals surface area contributed by atoms with Crippen molar-refractivity contribution in [1.82, 2.24) is 4.90 Å². The molecule has 1 fully saturated rings. The fourth-order valence-electron chi connectivity index (χ4n) is 3.03. The summed E-state index contributed by atoms with van der Waals surface area (Å²) in [7, 11) is -1.63. The molecule has 9 heteroatoms. The second-order valence-electron chi connectivity index (χ2n) is 6.72. The molecule has 1 aliphatic heterocycles. The third kappa shape index (κ3) is 4.41. The molecule has 2 heterocycles. The van der Waals surface area contributed by atoms with E-state index < -0.39 is 33.9 Å². The van der Waals surface area contributed by atoms with E-state index in [1.54, 1.807) is 6.07 Å². The van der Waals surface area contributed by atoms with Crippen LogP contribution >= 0.6 is 0 Å². The highest BCUT2D eigenvalue weighted by Crippen LogP contribution is 2.23. The molecule has 1 amide bonds. The molecule has 7 nitrogen and oxygen atoms in total. The van der Waals surface area contributed by atoms with Gasteiger partial charge in [-0.15, -0.1) is 0 Å². The van der Waals surface area contributed by atoms with Gasteiger partial charge in [0.2, 0.25) is 5.76 Å². The predicted molar refractivity (Wildman–Crippen MR) is 98.8 cm³/mol. The van der Waals surface area contributed by atoms with Gasteiger partial charge in [-0.05, 0) is 49.7 Å². The van der Waals surface area contributed by atoms with E-state index in [4.69, 9.17) is 9.15 Å². The number of esters is 1. The summed E-state index contributed by atoms with van der Waals surface area (Å²) in [6, 6.07) is 8.11. The molecule has 0 unspecified atom stereocenters. The third-order valence-electron chi connectivity index (χ3n) is 4.67. The summed E-state index contributed by atoms with van der Waals surface area (Å²) in [5.41, 5.74) is 0.590. The fraction of sp³-hybridized carbons (Fsp3) is 0.368. The smallest absolute Gasteiger partial charge is 0.375 e. The molecule has 1 aromatic carbocycles. The van der Waals surface area contributed by atoms with Gasteiger partial charge in [0, 0.05) is 18.7 Å². The Kier molecular flexibility index (Phi) is 5.55. The molecule has 150 valence electrons. The number of hydrogen-bond donors (Lipinski definition) is 0. The van der Waals surface area contributed by atoms with E-state index in [1.807, 2.05) is 0 Å². The average Bonchev–Trinajstić information content (AvgIpc) is 3.27. The highest BCUT2D eigenvalue weighted by molar-refractivity contribution is 7.91. The first kappa shape index (κ1) is 20.1. The Morgan fingerprint density at radius 2 is 1.89 bits per heavy atom. The Hall–Kier alpha value is -2.68. The zero-order valence-corrected chi connectivity index (χ0v) is 16.2. The number of rotatable bonds is 5. The number of halogens is 1. The lowest BCUT2D eigenvalue weighted by molar-refractivity contribution is -0.140. The molecule has 1 aliphatic rings. The molecular weight excluding hydrogens is 389 g/mol. The Morgan fingerprint density at radius 3 is 2.50 bits per heavy atom. The highest BCUT2D eigenvalue weighted by Gasteiger charge is 2.35. The SMILES string of the molecule is C[C@H](OC(=O)c1ccc(-c2ccc(F)cc2)o1)C(=O)N(C)[C@@H]1CCS(=O)(=O)C1. The largest absolute Gasteiger partial charge is 0.449 e. The predicted octanol–water partition coefficient (Wildman–Crippen LogP) is 2.28. The van der Waals surface area contributed by atoms with Crippen LogP contribution in [-0.2, 0) is 19.4 Å². The number of hydrogen-bond acceptors (Lipinski definition) is 6. The maximum atomic E-state index is 13.0. The summed E-state index contributed by atoms with van der Waals surface area (Å²) in [4.78, 5) is 26.0. The van der Waals surface area contributed by atoms with Gasteiger partial charge in [0.15, 0.2) is 15.9 Å². The van der Waals surface area contributed by atoms with Crippen LogP contribution in [0.3, 0.4) is 0 Å². The van der Waals surface area contributed by atoms with Gasteiger partial charge in [0.25, 0.3) is 5.91 Å². The molecule has 0 aliphatic carbocycles. The van der Waals surface area contributed by atoms with Crippen molar-refractivity contribution in [3.63, 3.8) is 0 Å². The quantitative estimate of drug-likeness (QED) is 0.704. The minimum absolute atomic E-state index is 0.0437. The highest BCUT2D eigenvalue weighted by atomic mass is 32.2. The van der Waals surface area contributed by atoms with Gasteiger partial charge in [-0.1, -0.05) is 0 Å². The maximum Gasteiger partial charge on any atom is 0.375 e. The number of carbonyl (C=O) groups excluding carboxylic acids is 2. The first-order valence-corrected chi connectivity index (χ1v) is 10.5. The summed E-state index contributed by atoms with van der Waals surface area (Å²) >= 11 is 0. The van der Waals surface area contributed by atoms with Crippen LogP contribution in [0.5, 0.6) is 0 Å². The fourth-order valence-corrected chi connectivity index (χ4v) is 4.81. The standard InChI is InChI=1S/C19H20FNO6S/c1-12(18(22)21(2)15-9-10-28(24,25)11-15)26-19(23)17-8-7-16(27-17)13-3-5-14(20)6-4-13/h3-8,12,15H,9-11H2,1-2H3/t12-,15+/m0/s1. The van der Waals surface area contributed by atoms with Gasteiger partial charge in [-0.3, -0.25) is 4.79 Å². The second-order valence-corrected chi connectivity index (χ2v) is 8.95. The Labute approximate surface area is 162 Å². The molecule has 0 spiro atoms. The summed E-state index contributed by atoms with van der Waals surface area (Å²) in [5, 5.41) is 0. The number of sulfone groups is 1. The third-order valence-corrected chi connectivity index (χ3v) is 6.42. The van der Waals surface area contributed by atoms with E-state index in [9.17, 15) is 22.4 Å². The normalized spacial score (nSPS) is 19.2. The zero-order chi connectivity index (χ0) is 20.5. The Balaban J connectivity index is 1.62. The first-order chi connectivity index (χ1) is 13.2. The molecule has 3 rings (SSSR count). The number of carbonyl (C=O) groups is 2. The average molecular weight is 409 g/mol. The minimum Gasteiger partial charge on any atom is -0.449 e. The molecule has 1 aromatic heterocycles. The number of amides is 1. The van der Waals surface area contributed by atoms with Crippen LogP contribution in [0.4, 0.5) is 4.39 Å². The van der Waals surface area contributed by atoms with Crippen LogP contribution in [-0.4, -0.2) is 55.9 Å². The van der Waals surface area contributed by atoms with Crippen LogP contribution in [0.25, 0.3) is 11.3 Å². The van der Waals surface area contributed by atoms with Crippen molar-refractivity contribution in [2.75, 3.05) is 18.6 Å². The van der Waals surface area contributed by atoms with E-state index in [0.717, 1.165) is 0 Å². The summed E-state index contributed by atoms with van der Waals surface area (Å²) in [6.45, 7) is 1.42. The van der Waals surface area contributed by atoms with Crippen LogP contribution < -0.4 is 0 Å². The Morgan fingerprint density at radius 1 is 1.21 bits per heavy atom. The van der Waals surface area contributed by atoms with Crippen molar-refractivity contribution in [2.24, 2.45) is 0 Å². The Bertz CT molecular complexity index is 982. The van der Waals surface area contributed by atoms with Crippen LogP contribution in [0, 0.1) is 5.82 Å².